The van der Waals surface area contributed by atoms with Gasteiger partial charge in [0.15, 0.2) is 11.8 Å². The molecule has 0 aliphatic heterocycles. The van der Waals surface area contributed by atoms with Crippen LogP contribution in [0.4, 0.5) is 5.82 Å². The maximum absolute atomic E-state index is 12.5. The fourth-order valence-electron chi connectivity index (χ4n) is 2.38. The quantitative estimate of drug-likeness (QED) is 0.662. The smallest absolute Gasteiger partial charge is 0.266 e. The van der Waals surface area contributed by atoms with Gasteiger partial charge in [0, 0.05) is 10.0 Å². The maximum Gasteiger partial charge on any atom is 0.266 e. The minimum atomic E-state index is -0.704. The van der Waals surface area contributed by atoms with Crippen molar-refractivity contribution in [2.24, 2.45) is 0 Å². The summed E-state index contributed by atoms with van der Waals surface area (Å²) in [4.78, 5) is 12.5. The number of aryl methyl sites for hydroxylation is 1. The molecule has 0 aliphatic carbocycles. The third-order valence-corrected chi connectivity index (χ3v) is 4.60. The molecule has 0 saturated carbocycles. The van der Waals surface area contributed by atoms with E-state index in [9.17, 15) is 4.79 Å². The number of amides is 1. The first-order chi connectivity index (χ1) is 12.5. The van der Waals surface area contributed by atoms with Gasteiger partial charge >= 0.3 is 0 Å². The summed E-state index contributed by atoms with van der Waals surface area (Å²) in [5, 5.41) is 10.4. The van der Waals surface area contributed by atoms with Crippen molar-refractivity contribution in [2.45, 2.75) is 26.9 Å². The molecule has 1 amide bonds. The summed E-state index contributed by atoms with van der Waals surface area (Å²) < 4.78 is 11.5. The molecule has 1 atom stereocenters. The number of nitrogens with zero attached hydrogens (tertiary/aromatic N) is 2. The van der Waals surface area contributed by atoms with Crippen molar-refractivity contribution < 1.29 is 14.2 Å². The van der Waals surface area contributed by atoms with Crippen LogP contribution in [0.15, 0.2) is 51.6 Å². The number of hydrogen-bond donors (Lipinski definition) is 1. The lowest BCUT2D eigenvalue weighted by molar-refractivity contribution is -0.122. The Kier molecular flexibility index (Phi) is 5.37. The number of benzene rings is 2. The normalized spacial score (nSPS) is 11.8. The fourth-order valence-corrected chi connectivity index (χ4v) is 2.65. The molecule has 0 aliphatic rings. The zero-order valence-corrected chi connectivity index (χ0v) is 16.2. The zero-order chi connectivity index (χ0) is 18.7. The summed E-state index contributed by atoms with van der Waals surface area (Å²) in [6, 6.07) is 13.2. The predicted octanol–water partition coefficient (Wildman–Crippen LogP) is 4.52. The molecule has 2 aromatic carbocycles. The van der Waals surface area contributed by atoms with Crippen LogP contribution < -0.4 is 10.1 Å². The van der Waals surface area contributed by atoms with Crippen molar-refractivity contribution in [2.75, 3.05) is 5.32 Å². The Morgan fingerprint density at radius 1 is 1.15 bits per heavy atom. The van der Waals surface area contributed by atoms with Gasteiger partial charge in [-0.2, -0.15) is 0 Å². The number of carbonyl (C=O) groups excluding carboxylic acids is 1. The highest BCUT2D eigenvalue weighted by Crippen LogP contribution is 2.26. The van der Waals surface area contributed by atoms with E-state index in [1.807, 2.05) is 56.3 Å². The van der Waals surface area contributed by atoms with E-state index >= 15 is 0 Å². The molecule has 1 heterocycles. The van der Waals surface area contributed by atoms with Crippen molar-refractivity contribution >= 4 is 27.7 Å². The lowest BCUT2D eigenvalue weighted by atomic mass is 10.1. The van der Waals surface area contributed by atoms with Gasteiger partial charge in [-0.15, -0.1) is 0 Å². The molecule has 0 spiro atoms. The van der Waals surface area contributed by atoms with E-state index in [0.717, 1.165) is 21.2 Å². The number of aromatic nitrogens is 2. The van der Waals surface area contributed by atoms with E-state index < -0.39 is 6.10 Å². The molecule has 26 heavy (non-hydrogen) atoms. The largest absolute Gasteiger partial charge is 0.481 e. The Balaban J connectivity index is 1.73. The molecule has 0 radical (unpaired) electrons. The number of carbonyl (C=O) groups is 1. The summed E-state index contributed by atoms with van der Waals surface area (Å²) >= 11 is 3.38. The molecule has 7 heteroatoms. The lowest BCUT2D eigenvalue weighted by Gasteiger charge is -2.16. The van der Waals surface area contributed by atoms with Crippen LogP contribution in [0.2, 0.25) is 0 Å². The minimum Gasteiger partial charge on any atom is -0.481 e. The summed E-state index contributed by atoms with van der Waals surface area (Å²) in [6.45, 7) is 5.64. The number of nitrogens with one attached hydrogen (secondary N) is 1. The topological polar surface area (TPSA) is 77.2 Å². The summed E-state index contributed by atoms with van der Waals surface area (Å²) in [7, 11) is 0. The van der Waals surface area contributed by atoms with Crippen LogP contribution in [0, 0.1) is 13.8 Å². The molecule has 0 unspecified atom stereocenters. The number of ether oxygens (including phenoxy) is 1. The van der Waals surface area contributed by atoms with E-state index in [4.69, 9.17) is 9.37 Å². The number of halogens is 1. The second-order valence-corrected chi connectivity index (χ2v) is 6.83. The van der Waals surface area contributed by atoms with Gasteiger partial charge in [0.05, 0.1) is 0 Å². The predicted molar refractivity (Wildman–Crippen MR) is 102 cm³/mol. The van der Waals surface area contributed by atoms with Crippen molar-refractivity contribution in [1.29, 1.82) is 0 Å². The first kappa shape index (κ1) is 18.1. The number of rotatable bonds is 5. The number of anilines is 1. The molecule has 1 N–H and O–H groups in total. The highest BCUT2D eigenvalue weighted by molar-refractivity contribution is 9.10. The van der Waals surface area contributed by atoms with Gasteiger partial charge in [-0.3, -0.25) is 4.79 Å². The first-order valence-corrected chi connectivity index (χ1v) is 8.87. The minimum absolute atomic E-state index is 0.258. The maximum atomic E-state index is 12.5. The second-order valence-electron chi connectivity index (χ2n) is 5.92. The van der Waals surface area contributed by atoms with Crippen molar-refractivity contribution in [1.82, 2.24) is 10.3 Å². The van der Waals surface area contributed by atoms with Gasteiger partial charge in [-0.25, -0.2) is 4.63 Å². The molecule has 1 aromatic heterocycles. The van der Waals surface area contributed by atoms with E-state index in [2.05, 4.69) is 31.6 Å². The van der Waals surface area contributed by atoms with Gasteiger partial charge < -0.3 is 10.1 Å². The van der Waals surface area contributed by atoms with E-state index in [1.54, 1.807) is 6.92 Å². The first-order valence-electron chi connectivity index (χ1n) is 8.08. The fraction of sp³-hybridized carbons (Fsp3) is 0.211. The molecule has 6 nitrogen and oxygen atoms in total. The third-order valence-electron chi connectivity index (χ3n) is 4.08. The zero-order valence-electron chi connectivity index (χ0n) is 14.6. The van der Waals surface area contributed by atoms with Crippen LogP contribution >= 0.6 is 15.9 Å². The lowest BCUT2D eigenvalue weighted by Crippen LogP contribution is -2.30. The molecule has 0 bridgehead atoms. The third kappa shape index (κ3) is 3.94. The van der Waals surface area contributed by atoms with Crippen molar-refractivity contribution in [3.8, 4) is 17.0 Å². The van der Waals surface area contributed by atoms with Crippen molar-refractivity contribution in [3.63, 3.8) is 0 Å². The van der Waals surface area contributed by atoms with E-state index in [-0.39, 0.29) is 11.7 Å². The van der Waals surface area contributed by atoms with Crippen LogP contribution in [-0.2, 0) is 4.79 Å². The average Bonchev–Trinajstić information content (AvgIpc) is 3.07. The molecular formula is C19H18BrN3O3. The molecule has 3 rings (SSSR count). The number of hydrogen-bond acceptors (Lipinski definition) is 5. The highest BCUT2D eigenvalue weighted by atomic mass is 79.9. The Bertz CT molecular complexity index is 922. The molecular weight excluding hydrogens is 398 g/mol. The molecule has 0 saturated heterocycles. The standard InChI is InChI=1S/C19H18BrN3O3/c1-11-5-4-6-16(12(11)2)25-13(3)19(24)21-18-17(22-26-23-18)14-7-9-15(20)10-8-14/h4-10,13H,1-3H3,(H,21,23,24)/t13-/m0/s1. The van der Waals surface area contributed by atoms with Gasteiger partial charge in [0.1, 0.15) is 5.75 Å². The van der Waals surface area contributed by atoms with Crippen LogP contribution in [0.25, 0.3) is 11.3 Å². The highest BCUT2D eigenvalue weighted by Gasteiger charge is 2.21. The molecule has 0 fully saturated rings. The van der Waals surface area contributed by atoms with Crippen LogP contribution in [0.3, 0.4) is 0 Å². The Morgan fingerprint density at radius 3 is 2.62 bits per heavy atom. The van der Waals surface area contributed by atoms with Crippen LogP contribution in [-0.4, -0.2) is 22.3 Å². The van der Waals surface area contributed by atoms with E-state index in [0.29, 0.717) is 11.4 Å². The van der Waals surface area contributed by atoms with E-state index in [1.165, 1.54) is 0 Å². The summed E-state index contributed by atoms with van der Waals surface area (Å²) in [6.07, 6.45) is -0.704. The Hall–Kier alpha value is -2.67. The Labute approximate surface area is 159 Å². The van der Waals surface area contributed by atoms with Gasteiger partial charge in [-0.1, -0.05) is 40.2 Å². The van der Waals surface area contributed by atoms with Gasteiger partial charge in [0.2, 0.25) is 5.82 Å². The molecule has 3 aromatic rings. The van der Waals surface area contributed by atoms with Crippen LogP contribution in [0.5, 0.6) is 5.75 Å². The second kappa shape index (κ2) is 7.70. The Morgan fingerprint density at radius 2 is 1.88 bits per heavy atom. The summed E-state index contributed by atoms with van der Waals surface area (Å²) in [5.74, 6) is 0.604. The van der Waals surface area contributed by atoms with Gasteiger partial charge in [0.25, 0.3) is 5.91 Å². The SMILES string of the molecule is Cc1cccc(O[C@@H](C)C(=O)Nc2nonc2-c2ccc(Br)cc2)c1C. The average molecular weight is 416 g/mol. The van der Waals surface area contributed by atoms with Crippen molar-refractivity contribution in [3.05, 3.63) is 58.1 Å². The molecule has 134 valence electrons. The van der Waals surface area contributed by atoms with Gasteiger partial charge in [-0.05, 0) is 60.4 Å². The summed E-state index contributed by atoms with van der Waals surface area (Å²) in [5.41, 5.74) is 3.36. The van der Waals surface area contributed by atoms with Crippen LogP contribution in [0.1, 0.15) is 18.1 Å². The monoisotopic (exact) mass is 415 g/mol.